The Hall–Kier alpha value is -0.370. The van der Waals surface area contributed by atoms with Crippen LogP contribution in [0.4, 0.5) is 0 Å². The molecule has 1 radical (unpaired) electrons. The Labute approximate surface area is 63.0 Å². The van der Waals surface area contributed by atoms with E-state index in [1.54, 1.807) is 0 Å². The summed E-state index contributed by atoms with van der Waals surface area (Å²) >= 11 is 0. The largest absolute Gasteiger partial charge is 0.317 e. The van der Waals surface area contributed by atoms with Gasteiger partial charge in [-0.1, -0.05) is 13.8 Å². The summed E-state index contributed by atoms with van der Waals surface area (Å²) in [6, 6.07) is 0. The summed E-state index contributed by atoms with van der Waals surface area (Å²) in [4.78, 5) is 10.8. The number of Topliss-reactive ketones (excluding diaryl/α,β-unsaturated/α-hetero) is 1. The zero-order chi connectivity index (χ0) is 7.82. The van der Waals surface area contributed by atoms with Gasteiger partial charge in [0.25, 0.3) is 0 Å². The first-order valence-corrected chi connectivity index (χ1v) is 3.83. The first-order chi connectivity index (χ1) is 4.81. The maximum absolute atomic E-state index is 10.8. The van der Waals surface area contributed by atoms with Crippen LogP contribution in [0.3, 0.4) is 0 Å². The molecule has 10 heavy (non-hydrogen) atoms. The van der Waals surface area contributed by atoms with Crippen molar-refractivity contribution in [1.82, 2.24) is 5.32 Å². The molecule has 0 fully saturated rings. The zero-order valence-electron chi connectivity index (χ0n) is 6.65. The lowest BCUT2D eigenvalue weighted by Crippen LogP contribution is -2.17. The van der Waals surface area contributed by atoms with E-state index < -0.39 is 0 Å². The summed E-state index contributed by atoms with van der Waals surface area (Å²) < 4.78 is 0. The Morgan fingerprint density at radius 1 is 1.50 bits per heavy atom. The van der Waals surface area contributed by atoms with Gasteiger partial charge in [-0.05, 0) is 13.0 Å². The van der Waals surface area contributed by atoms with Crippen LogP contribution < -0.4 is 5.32 Å². The minimum Gasteiger partial charge on any atom is -0.317 e. The van der Waals surface area contributed by atoms with Crippen molar-refractivity contribution in [2.45, 2.75) is 26.2 Å². The fourth-order valence-corrected chi connectivity index (χ4v) is 0.727. The van der Waals surface area contributed by atoms with E-state index >= 15 is 0 Å². The van der Waals surface area contributed by atoms with Gasteiger partial charge in [0.2, 0.25) is 0 Å². The molecule has 0 atom stereocenters. The molecule has 0 saturated heterocycles. The van der Waals surface area contributed by atoms with Gasteiger partial charge in [-0.2, -0.15) is 0 Å². The van der Waals surface area contributed by atoms with Crippen LogP contribution in [0.15, 0.2) is 0 Å². The quantitative estimate of drug-likeness (QED) is 0.564. The van der Waals surface area contributed by atoms with Crippen molar-refractivity contribution in [3.05, 3.63) is 6.92 Å². The van der Waals surface area contributed by atoms with E-state index in [9.17, 15) is 4.79 Å². The number of carbonyl (C=O) groups excluding carboxylic acids is 1. The lowest BCUT2D eigenvalue weighted by Gasteiger charge is -1.98. The molecule has 0 aromatic heterocycles. The van der Waals surface area contributed by atoms with Crippen LogP contribution in [0, 0.1) is 6.92 Å². The predicted molar refractivity (Wildman–Crippen MR) is 42.8 cm³/mol. The number of ketones is 1. The average Bonchev–Trinajstić information content (AvgIpc) is 1.89. The molecule has 0 aromatic carbocycles. The maximum Gasteiger partial charge on any atom is 0.134 e. The molecule has 0 aromatic rings. The van der Waals surface area contributed by atoms with Crippen molar-refractivity contribution in [2.75, 3.05) is 13.1 Å². The molecule has 0 amide bonds. The molecule has 0 aliphatic heterocycles. The lowest BCUT2D eigenvalue weighted by molar-refractivity contribution is -0.118. The minimum atomic E-state index is 0.316. The maximum atomic E-state index is 10.8. The van der Waals surface area contributed by atoms with Gasteiger partial charge in [0.05, 0.1) is 0 Å². The average molecular weight is 142 g/mol. The first-order valence-electron chi connectivity index (χ1n) is 3.83. The van der Waals surface area contributed by atoms with Gasteiger partial charge in [-0.3, -0.25) is 4.79 Å². The first kappa shape index (κ1) is 9.63. The molecular formula is C8H16NO. The van der Waals surface area contributed by atoms with Crippen LogP contribution >= 0.6 is 0 Å². The van der Waals surface area contributed by atoms with Crippen LogP contribution in [0.2, 0.25) is 0 Å². The highest BCUT2D eigenvalue weighted by Gasteiger charge is 1.97. The lowest BCUT2D eigenvalue weighted by atomic mass is 10.2. The molecule has 2 heteroatoms. The molecule has 2 nitrogen and oxygen atoms in total. The zero-order valence-corrected chi connectivity index (χ0v) is 6.65. The monoisotopic (exact) mass is 142 g/mol. The molecule has 0 spiro atoms. The van der Waals surface area contributed by atoms with E-state index in [2.05, 4.69) is 12.2 Å². The van der Waals surface area contributed by atoms with Crippen LogP contribution in [-0.2, 0) is 4.79 Å². The summed E-state index contributed by atoms with van der Waals surface area (Å²) in [5, 5.41) is 3.10. The second-order valence-electron chi connectivity index (χ2n) is 2.25. The summed E-state index contributed by atoms with van der Waals surface area (Å²) in [7, 11) is 0. The summed E-state index contributed by atoms with van der Waals surface area (Å²) in [6.45, 7) is 7.40. The number of carbonyl (C=O) groups is 1. The van der Waals surface area contributed by atoms with Gasteiger partial charge in [-0.15, -0.1) is 0 Å². The molecule has 0 bridgehead atoms. The van der Waals surface area contributed by atoms with E-state index in [-0.39, 0.29) is 0 Å². The van der Waals surface area contributed by atoms with Crippen LogP contribution in [0.25, 0.3) is 0 Å². The fraction of sp³-hybridized carbons (Fsp3) is 0.750. The van der Waals surface area contributed by atoms with Gasteiger partial charge in [-0.25, -0.2) is 0 Å². The van der Waals surface area contributed by atoms with E-state index in [0.29, 0.717) is 18.6 Å². The number of hydrogen-bond donors (Lipinski definition) is 1. The van der Waals surface area contributed by atoms with E-state index in [0.717, 1.165) is 19.5 Å². The van der Waals surface area contributed by atoms with E-state index in [4.69, 9.17) is 0 Å². The number of rotatable bonds is 6. The van der Waals surface area contributed by atoms with Gasteiger partial charge in [0.15, 0.2) is 0 Å². The van der Waals surface area contributed by atoms with Crippen molar-refractivity contribution in [2.24, 2.45) is 0 Å². The highest BCUT2D eigenvalue weighted by Crippen LogP contribution is 1.91. The van der Waals surface area contributed by atoms with Crippen molar-refractivity contribution < 1.29 is 4.79 Å². The number of hydrogen-bond acceptors (Lipinski definition) is 2. The topological polar surface area (TPSA) is 29.1 Å². The molecule has 0 aliphatic carbocycles. The second-order valence-corrected chi connectivity index (χ2v) is 2.25. The Bertz CT molecular complexity index is 91.3. The highest BCUT2D eigenvalue weighted by molar-refractivity contribution is 5.78. The van der Waals surface area contributed by atoms with Crippen molar-refractivity contribution in [3.8, 4) is 0 Å². The van der Waals surface area contributed by atoms with Gasteiger partial charge in [0, 0.05) is 19.4 Å². The molecule has 1 N–H and O–H groups in total. The molecule has 0 heterocycles. The highest BCUT2D eigenvalue weighted by atomic mass is 16.1. The van der Waals surface area contributed by atoms with Crippen LogP contribution in [0.1, 0.15) is 26.2 Å². The molecule has 0 saturated carbocycles. The third-order valence-corrected chi connectivity index (χ3v) is 1.29. The molecule has 0 rings (SSSR count). The Morgan fingerprint density at radius 3 is 2.70 bits per heavy atom. The third kappa shape index (κ3) is 5.76. The predicted octanol–water partition coefficient (Wildman–Crippen LogP) is 1.17. The van der Waals surface area contributed by atoms with E-state index in [1.807, 2.05) is 6.92 Å². The third-order valence-electron chi connectivity index (χ3n) is 1.29. The summed E-state index contributed by atoms with van der Waals surface area (Å²) in [5.41, 5.74) is 0. The van der Waals surface area contributed by atoms with Crippen molar-refractivity contribution in [1.29, 1.82) is 0 Å². The number of nitrogens with one attached hydrogen (secondary N) is 1. The Kier molecular flexibility index (Phi) is 6.50. The standard InChI is InChI=1S/C8H16NO/c1-3-5-8(10)6-7-9-4-2/h9H,1,3-7H2,2H3. The van der Waals surface area contributed by atoms with Crippen molar-refractivity contribution >= 4 is 5.78 Å². The second kappa shape index (κ2) is 6.75. The van der Waals surface area contributed by atoms with E-state index in [1.165, 1.54) is 0 Å². The van der Waals surface area contributed by atoms with Crippen LogP contribution in [-0.4, -0.2) is 18.9 Å². The Balaban J connectivity index is 3.05. The van der Waals surface area contributed by atoms with Crippen molar-refractivity contribution in [3.63, 3.8) is 0 Å². The minimum absolute atomic E-state index is 0.316. The van der Waals surface area contributed by atoms with Gasteiger partial charge in [0.1, 0.15) is 5.78 Å². The smallest absolute Gasteiger partial charge is 0.134 e. The SMILES string of the molecule is [CH2]CCC(=O)CCNCC. The molecular weight excluding hydrogens is 126 g/mol. The van der Waals surface area contributed by atoms with Crippen LogP contribution in [0.5, 0.6) is 0 Å². The molecule has 0 unspecified atom stereocenters. The Morgan fingerprint density at radius 2 is 2.20 bits per heavy atom. The molecule has 0 aliphatic rings. The molecule has 59 valence electrons. The normalized spacial score (nSPS) is 9.80. The summed E-state index contributed by atoms with van der Waals surface area (Å²) in [5.74, 6) is 0.316. The fourth-order valence-electron chi connectivity index (χ4n) is 0.727. The van der Waals surface area contributed by atoms with Gasteiger partial charge < -0.3 is 5.32 Å². The van der Waals surface area contributed by atoms with Gasteiger partial charge >= 0.3 is 0 Å². The summed E-state index contributed by atoms with van der Waals surface area (Å²) in [6.07, 6.45) is 2.01.